The van der Waals surface area contributed by atoms with Gasteiger partial charge in [-0.3, -0.25) is 9.36 Å². The smallest absolute Gasteiger partial charge is 0.266 e. The van der Waals surface area contributed by atoms with Gasteiger partial charge < -0.3 is 5.32 Å². The van der Waals surface area contributed by atoms with Crippen LogP contribution in [0.15, 0.2) is 53.3 Å². The predicted molar refractivity (Wildman–Crippen MR) is 111 cm³/mol. The lowest BCUT2D eigenvalue weighted by Crippen LogP contribution is -2.85. The first-order chi connectivity index (χ1) is 13.2. The van der Waals surface area contributed by atoms with Gasteiger partial charge in [-0.15, -0.1) is 0 Å². The van der Waals surface area contributed by atoms with Crippen LogP contribution in [0.4, 0.5) is 0 Å². The van der Waals surface area contributed by atoms with Crippen molar-refractivity contribution in [2.75, 3.05) is 6.54 Å². The summed E-state index contributed by atoms with van der Waals surface area (Å²) in [6.07, 6.45) is 4.25. The van der Waals surface area contributed by atoms with Crippen molar-refractivity contribution >= 4 is 10.9 Å². The van der Waals surface area contributed by atoms with Crippen LogP contribution in [0.1, 0.15) is 57.5 Å². The summed E-state index contributed by atoms with van der Waals surface area (Å²) in [5, 5.41) is 3.00. The maximum absolute atomic E-state index is 13.4. The molecule has 3 aromatic rings. The molecule has 0 saturated heterocycles. The third-order valence-electron chi connectivity index (χ3n) is 5.18. The van der Waals surface area contributed by atoms with Gasteiger partial charge in [-0.25, -0.2) is 4.98 Å². The highest BCUT2D eigenvalue weighted by molar-refractivity contribution is 5.77. The van der Waals surface area contributed by atoms with Crippen LogP contribution in [0.2, 0.25) is 0 Å². The Hall–Kier alpha value is -2.46. The molecule has 1 atom stereocenters. The number of aromatic nitrogens is 2. The Labute approximate surface area is 161 Å². The van der Waals surface area contributed by atoms with Crippen LogP contribution in [0.5, 0.6) is 0 Å². The topological polar surface area (TPSA) is 51.5 Å². The standard InChI is InChI=1S/C23H29N3O/c1-4-7-16-24-20(6-3)22-25-21-11-9-8-10-19(21)23(27)26(22)18-14-12-17(5-2)13-15-18/h8-15,20,24H,4-7,16H2,1-3H3/p+1/t20-/m0/s1. The fraction of sp³-hybridized carbons (Fsp3) is 0.391. The molecule has 3 rings (SSSR count). The van der Waals surface area contributed by atoms with Crippen molar-refractivity contribution in [3.05, 3.63) is 70.3 Å². The quantitative estimate of drug-likeness (QED) is 0.619. The van der Waals surface area contributed by atoms with Gasteiger partial charge in [0.15, 0.2) is 5.82 Å². The van der Waals surface area contributed by atoms with Crippen molar-refractivity contribution in [3.63, 3.8) is 0 Å². The number of aryl methyl sites for hydroxylation is 1. The molecular formula is C23H30N3O+. The molecule has 4 heteroatoms. The maximum atomic E-state index is 13.4. The minimum absolute atomic E-state index is 0.0159. The number of rotatable bonds is 8. The number of para-hydroxylation sites is 1. The molecule has 2 aromatic carbocycles. The van der Waals surface area contributed by atoms with E-state index in [0.717, 1.165) is 36.4 Å². The average molecular weight is 365 g/mol. The molecular weight excluding hydrogens is 334 g/mol. The van der Waals surface area contributed by atoms with E-state index in [9.17, 15) is 4.79 Å². The number of quaternary nitrogens is 1. The average Bonchev–Trinajstić information content (AvgIpc) is 2.71. The van der Waals surface area contributed by atoms with E-state index in [1.165, 1.54) is 18.4 Å². The van der Waals surface area contributed by atoms with E-state index in [0.29, 0.717) is 5.39 Å². The first-order valence-electron chi connectivity index (χ1n) is 10.1. The largest absolute Gasteiger partial charge is 0.338 e. The Balaban J connectivity index is 2.18. The van der Waals surface area contributed by atoms with E-state index in [2.05, 4.69) is 38.2 Å². The predicted octanol–water partition coefficient (Wildman–Crippen LogP) is 3.76. The number of unbranched alkanes of at least 4 members (excludes halogenated alkanes) is 1. The van der Waals surface area contributed by atoms with E-state index in [4.69, 9.17) is 4.98 Å². The van der Waals surface area contributed by atoms with Crippen LogP contribution in [0.25, 0.3) is 16.6 Å². The molecule has 0 bridgehead atoms. The van der Waals surface area contributed by atoms with E-state index in [-0.39, 0.29) is 11.6 Å². The molecule has 0 aliphatic carbocycles. The summed E-state index contributed by atoms with van der Waals surface area (Å²) in [5.41, 5.74) is 2.96. The van der Waals surface area contributed by atoms with Gasteiger partial charge in [0.05, 0.1) is 23.1 Å². The molecule has 1 aromatic heterocycles. The van der Waals surface area contributed by atoms with Crippen LogP contribution in [0, 0.1) is 0 Å². The van der Waals surface area contributed by atoms with Crippen molar-refractivity contribution in [3.8, 4) is 5.69 Å². The summed E-state index contributed by atoms with van der Waals surface area (Å²) >= 11 is 0. The van der Waals surface area contributed by atoms with Gasteiger partial charge in [-0.05, 0) is 42.7 Å². The molecule has 0 aliphatic rings. The highest BCUT2D eigenvalue weighted by atomic mass is 16.1. The number of nitrogens with two attached hydrogens (primary N) is 1. The molecule has 0 fully saturated rings. The molecule has 0 amide bonds. The molecule has 27 heavy (non-hydrogen) atoms. The minimum Gasteiger partial charge on any atom is -0.338 e. The molecule has 142 valence electrons. The van der Waals surface area contributed by atoms with E-state index < -0.39 is 0 Å². The van der Waals surface area contributed by atoms with Gasteiger partial charge in [-0.2, -0.15) is 0 Å². The summed E-state index contributed by atoms with van der Waals surface area (Å²) in [4.78, 5) is 18.3. The molecule has 2 N–H and O–H groups in total. The first-order valence-corrected chi connectivity index (χ1v) is 10.1. The number of nitrogens with zero attached hydrogens (tertiary/aromatic N) is 2. The summed E-state index contributed by atoms with van der Waals surface area (Å²) in [6, 6.07) is 16.1. The second-order valence-corrected chi connectivity index (χ2v) is 7.04. The maximum Gasteiger partial charge on any atom is 0.266 e. The Morgan fingerprint density at radius 1 is 1.04 bits per heavy atom. The van der Waals surface area contributed by atoms with Gasteiger partial charge in [0.1, 0.15) is 6.04 Å². The second kappa shape index (κ2) is 8.96. The van der Waals surface area contributed by atoms with Gasteiger partial charge >= 0.3 is 0 Å². The lowest BCUT2D eigenvalue weighted by molar-refractivity contribution is -0.697. The Bertz CT molecular complexity index is 944. The van der Waals surface area contributed by atoms with Crippen LogP contribution in [-0.2, 0) is 6.42 Å². The normalized spacial score (nSPS) is 12.4. The third-order valence-corrected chi connectivity index (χ3v) is 5.18. The van der Waals surface area contributed by atoms with Gasteiger partial charge in [0.25, 0.3) is 5.56 Å². The van der Waals surface area contributed by atoms with E-state index in [1.54, 1.807) is 0 Å². The van der Waals surface area contributed by atoms with Crippen LogP contribution < -0.4 is 10.9 Å². The van der Waals surface area contributed by atoms with Crippen molar-refractivity contribution in [1.29, 1.82) is 0 Å². The monoisotopic (exact) mass is 364 g/mol. The molecule has 4 nitrogen and oxygen atoms in total. The van der Waals surface area contributed by atoms with Crippen molar-refractivity contribution in [1.82, 2.24) is 9.55 Å². The number of hydrogen-bond donors (Lipinski definition) is 1. The molecule has 0 spiro atoms. The minimum atomic E-state index is 0.0159. The third kappa shape index (κ3) is 4.11. The molecule has 0 radical (unpaired) electrons. The summed E-state index contributed by atoms with van der Waals surface area (Å²) in [7, 11) is 0. The summed E-state index contributed by atoms with van der Waals surface area (Å²) < 4.78 is 1.82. The van der Waals surface area contributed by atoms with Gasteiger partial charge in [0.2, 0.25) is 0 Å². The SMILES string of the molecule is CCCC[NH2+][C@@H](CC)c1nc2ccccc2c(=O)n1-c1ccc(CC)cc1. The number of hydrogen-bond acceptors (Lipinski definition) is 2. The zero-order valence-electron chi connectivity index (χ0n) is 16.6. The molecule has 0 unspecified atom stereocenters. The fourth-order valence-corrected chi connectivity index (χ4v) is 3.51. The molecule has 0 saturated carbocycles. The highest BCUT2D eigenvalue weighted by Gasteiger charge is 2.22. The lowest BCUT2D eigenvalue weighted by atomic mass is 10.1. The van der Waals surface area contributed by atoms with Crippen molar-refractivity contribution in [2.24, 2.45) is 0 Å². The number of benzene rings is 2. The Kier molecular flexibility index (Phi) is 6.40. The van der Waals surface area contributed by atoms with E-state index in [1.807, 2.05) is 41.0 Å². The van der Waals surface area contributed by atoms with Gasteiger partial charge in [0, 0.05) is 6.42 Å². The zero-order valence-corrected chi connectivity index (χ0v) is 16.6. The Morgan fingerprint density at radius 3 is 2.44 bits per heavy atom. The number of fused-ring (bicyclic) bond motifs is 1. The fourth-order valence-electron chi connectivity index (χ4n) is 3.51. The highest BCUT2D eigenvalue weighted by Crippen LogP contribution is 2.18. The summed E-state index contributed by atoms with van der Waals surface area (Å²) in [6.45, 7) is 7.56. The van der Waals surface area contributed by atoms with Crippen LogP contribution >= 0.6 is 0 Å². The van der Waals surface area contributed by atoms with Crippen molar-refractivity contribution in [2.45, 2.75) is 52.5 Å². The second-order valence-electron chi connectivity index (χ2n) is 7.04. The molecule has 0 aliphatic heterocycles. The lowest BCUT2D eigenvalue weighted by Gasteiger charge is -2.19. The van der Waals surface area contributed by atoms with Gasteiger partial charge in [-0.1, -0.05) is 51.5 Å². The zero-order chi connectivity index (χ0) is 19.2. The molecule has 1 heterocycles. The van der Waals surface area contributed by atoms with Crippen LogP contribution in [-0.4, -0.2) is 16.1 Å². The Morgan fingerprint density at radius 2 is 1.78 bits per heavy atom. The first kappa shape index (κ1) is 19.3. The van der Waals surface area contributed by atoms with E-state index >= 15 is 0 Å². The van der Waals surface area contributed by atoms with Crippen molar-refractivity contribution < 1.29 is 5.32 Å². The summed E-state index contributed by atoms with van der Waals surface area (Å²) in [5.74, 6) is 0.849. The van der Waals surface area contributed by atoms with Crippen LogP contribution in [0.3, 0.4) is 0 Å².